The molecule has 3 aliphatic rings. The zero-order valence-corrected chi connectivity index (χ0v) is 26.9. The number of nitrogens with zero attached hydrogens (tertiary/aromatic N) is 6. The highest BCUT2D eigenvalue weighted by Gasteiger charge is 2.30. The molecule has 0 unspecified atom stereocenters. The Kier molecular flexibility index (Phi) is 8.31. The summed E-state index contributed by atoms with van der Waals surface area (Å²) in [5.74, 6) is 0.924. The maximum absolute atomic E-state index is 13.3. The molecule has 1 saturated heterocycles. The van der Waals surface area contributed by atoms with E-state index < -0.39 is 5.60 Å². The van der Waals surface area contributed by atoms with E-state index in [-0.39, 0.29) is 12.0 Å². The van der Waals surface area contributed by atoms with Crippen molar-refractivity contribution in [1.29, 1.82) is 0 Å². The second-order valence-corrected chi connectivity index (χ2v) is 14.1. The molecule has 244 valence electrons. The number of nitrogens with one attached hydrogen (secondary N) is 2. The van der Waals surface area contributed by atoms with E-state index in [0.717, 1.165) is 62.5 Å². The zero-order chi connectivity index (χ0) is 31.8. The Bertz CT molecular complexity index is 1710. The van der Waals surface area contributed by atoms with Gasteiger partial charge in [0.05, 0.1) is 30.0 Å². The lowest BCUT2D eigenvalue weighted by atomic mass is 9.90. The minimum atomic E-state index is -0.468. The molecule has 2 saturated carbocycles. The number of fused-ring (bicyclic) bond motifs is 2. The van der Waals surface area contributed by atoms with E-state index in [1.165, 1.54) is 19.0 Å². The normalized spacial score (nSPS) is 21.1. The molecule has 46 heavy (non-hydrogen) atoms. The van der Waals surface area contributed by atoms with Crippen LogP contribution in [0, 0.1) is 5.92 Å². The van der Waals surface area contributed by atoms with Crippen molar-refractivity contribution >= 4 is 34.2 Å². The number of hydrogen-bond acceptors (Lipinski definition) is 8. The highest BCUT2D eigenvalue weighted by molar-refractivity contribution is 6.09. The molecule has 3 aromatic heterocycles. The summed E-state index contributed by atoms with van der Waals surface area (Å²) in [6.07, 6.45) is 15.3. The number of carbonyl (C=O) groups is 2. The number of amides is 2. The molecule has 0 bridgehead atoms. The average molecular weight is 629 g/mol. The largest absolute Gasteiger partial charge is 0.491 e. The van der Waals surface area contributed by atoms with Crippen molar-refractivity contribution in [2.24, 2.45) is 5.92 Å². The van der Waals surface area contributed by atoms with Crippen LogP contribution in [-0.2, 0) is 4.74 Å². The molecule has 1 aliphatic heterocycles. The van der Waals surface area contributed by atoms with Gasteiger partial charge in [-0.1, -0.05) is 0 Å². The monoisotopic (exact) mass is 628 g/mol. The van der Waals surface area contributed by atoms with Gasteiger partial charge in [0.25, 0.3) is 5.91 Å². The van der Waals surface area contributed by atoms with Gasteiger partial charge in [0.15, 0.2) is 5.65 Å². The number of piperidine rings is 1. The van der Waals surface area contributed by atoms with E-state index in [1.54, 1.807) is 23.0 Å². The minimum Gasteiger partial charge on any atom is -0.491 e. The molecule has 0 atom stereocenters. The van der Waals surface area contributed by atoms with Gasteiger partial charge in [-0.15, -0.1) is 0 Å². The molecule has 12 heteroatoms. The van der Waals surface area contributed by atoms with E-state index in [9.17, 15) is 9.59 Å². The van der Waals surface area contributed by atoms with E-state index >= 15 is 0 Å². The van der Waals surface area contributed by atoms with Gasteiger partial charge < -0.3 is 25.0 Å². The summed E-state index contributed by atoms with van der Waals surface area (Å²) < 4.78 is 15.5. The number of benzene rings is 1. The number of aromatic nitrogens is 5. The maximum atomic E-state index is 13.3. The van der Waals surface area contributed by atoms with Crippen molar-refractivity contribution in [1.82, 2.24) is 34.6 Å². The van der Waals surface area contributed by atoms with Crippen LogP contribution in [0.2, 0.25) is 0 Å². The third kappa shape index (κ3) is 6.96. The molecule has 2 aliphatic carbocycles. The standard InChI is InChI=1S/C34H44N8O4/c1-34(2,3)46-33(44)40-15-11-25(12-16-40)37-24-7-9-26(10-8-24)42-20-23-17-29(30(18-28(23)39-42)45-21-22-5-6-22)38-32(43)27-19-36-41-14-4-13-35-31(27)41/h4,13-14,17-20,22,24-26,37H,5-12,15-16,21H2,1-3H3,(H,38,43)/t24-,26-. The zero-order valence-electron chi connectivity index (χ0n) is 26.9. The Balaban J connectivity index is 0.983. The van der Waals surface area contributed by atoms with E-state index in [0.29, 0.717) is 53.3 Å². The fraction of sp³-hybridized carbons (Fsp3) is 0.559. The molecule has 12 nitrogen and oxygen atoms in total. The molecule has 0 radical (unpaired) electrons. The number of anilines is 1. The Labute approximate surface area is 268 Å². The van der Waals surface area contributed by atoms with Gasteiger partial charge in [-0.25, -0.2) is 14.3 Å². The van der Waals surface area contributed by atoms with Crippen LogP contribution in [0.15, 0.2) is 43.0 Å². The first kappa shape index (κ1) is 30.5. The molecular weight excluding hydrogens is 584 g/mol. The van der Waals surface area contributed by atoms with Crippen molar-refractivity contribution in [2.45, 2.75) is 95.9 Å². The molecule has 3 fully saturated rings. The fourth-order valence-corrected chi connectivity index (χ4v) is 6.54. The lowest BCUT2D eigenvalue weighted by Gasteiger charge is -2.37. The minimum absolute atomic E-state index is 0.210. The van der Waals surface area contributed by atoms with Crippen LogP contribution in [0.25, 0.3) is 16.6 Å². The second kappa shape index (κ2) is 12.5. The summed E-state index contributed by atoms with van der Waals surface area (Å²) in [5, 5.41) is 17.1. The van der Waals surface area contributed by atoms with Crippen molar-refractivity contribution in [3.05, 3.63) is 48.5 Å². The Morgan fingerprint density at radius 2 is 1.76 bits per heavy atom. The first-order valence-corrected chi connectivity index (χ1v) is 16.7. The summed E-state index contributed by atoms with van der Waals surface area (Å²) in [7, 11) is 0. The molecule has 1 aromatic carbocycles. The first-order valence-electron chi connectivity index (χ1n) is 16.7. The quantitative estimate of drug-likeness (QED) is 0.258. The van der Waals surface area contributed by atoms with Crippen molar-refractivity contribution < 1.29 is 19.1 Å². The Morgan fingerprint density at radius 3 is 2.50 bits per heavy atom. The summed E-state index contributed by atoms with van der Waals surface area (Å²) in [6.45, 7) is 7.81. The van der Waals surface area contributed by atoms with E-state index in [2.05, 4.69) is 31.6 Å². The topological polar surface area (TPSA) is 128 Å². The van der Waals surface area contributed by atoms with Crippen molar-refractivity contribution in [3.63, 3.8) is 0 Å². The van der Waals surface area contributed by atoms with Crippen LogP contribution in [0.4, 0.5) is 10.5 Å². The Hall–Kier alpha value is -4.19. The maximum Gasteiger partial charge on any atom is 0.410 e. The van der Waals surface area contributed by atoms with E-state index in [4.69, 9.17) is 14.6 Å². The molecule has 2 amide bonds. The number of rotatable bonds is 8. The van der Waals surface area contributed by atoms with Crippen LogP contribution in [0.3, 0.4) is 0 Å². The SMILES string of the molecule is CC(C)(C)OC(=O)N1CCC(N[C@H]2CC[C@H](n3cc4cc(NC(=O)c5cnn6cccnc56)c(OCC5CC5)cc4n3)CC2)CC1. The van der Waals surface area contributed by atoms with Crippen LogP contribution >= 0.6 is 0 Å². The Morgan fingerprint density at radius 1 is 1.00 bits per heavy atom. The van der Waals surface area contributed by atoms with Gasteiger partial charge >= 0.3 is 6.09 Å². The first-order chi connectivity index (χ1) is 22.2. The molecule has 4 heterocycles. The van der Waals surface area contributed by atoms with Gasteiger partial charge in [0.1, 0.15) is 16.9 Å². The van der Waals surface area contributed by atoms with Crippen LogP contribution in [-0.4, -0.2) is 78.7 Å². The predicted molar refractivity (Wildman–Crippen MR) is 174 cm³/mol. The smallest absolute Gasteiger partial charge is 0.410 e. The second-order valence-electron chi connectivity index (χ2n) is 14.1. The van der Waals surface area contributed by atoms with Gasteiger partial charge in [-0.2, -0.15) is 10.2 Å². The lowest BCUT2D eigenvalue weighted by Crippen LogP contribution is -2.49. The third-order valence-electron chi connectivity index (χ3n) is 9.26. The summed E-state index contributed by atoms with van der Waals surface area (Å²) in [6, 6.07) is 6.91. The highest BCUT2D eigenvalue weighted by Crippen LogP contribution is 2.36. The summed E-state index contributed by atoms with van der Waals surface area (Å²) in [4.78, 5) is 31.9. The van der Waals surface area contributed by atoms with Crippen molar-refractivity contribution in [3.8, 4) is 5.75 Å². The molecule has 0 spiro atoms. The van der Waals surface area contributed by atoms with E-state index in [1.807, 2.05) is 37.8 Å². The van der Waals surface area contributed by atoms with Gasteiger partial charge in [0.2, 0.25) is 0 Å². The number of likely N-dealkylation sites (tertiary alicyclic amines) is 1. The van der Waals surface area contributed by atoms with Crippen LogP contribution in [0.1, 0.15) is 88.5 Å². The highest BCUT2D eigenvalue weighted by atomic mass is 16.6. The third-order valence-corrected chi connectivity index (χ3v) is 9.26. The molecule has 2 N–H and O–H groups in total. The van der Waals surface area contributed by atoms with Crippen LogP contribution in [0.5, 0.6) is 5.75 Å². The van der Waals surface area contributed by atoms with Gasteiger partial charge in [0, 0.05) is 55.2 Å². The van der Waals surface area contributed by atoms with Crippen LogP contribution < -0.4 is 15.4 Å². The molecular formula is C34H44N8O4. The number of hydrogen-bond donors (Lipinski definition) is 2. The fourth-order valence-electron chi connectivity index (χ4n) is 6.54. The van der Waals surface area contributed by atoms with Gasteiger partial charge in [-0.05, 0) is 90.2 Å². The number of ether oxygens (including phenoxy) is 2. The molecule has 4 aromatic rings. The lowest BCUT2D eigenvalue weighted by molar-refractivity contribution is 0.0194. The van der Waals surface area contributed by atoms with Gasteiger partial charge in [-0.3, -0.25) is 9.48 Å². The van der Waals surface area contributed by atoms with Crippen molar-refractivity contribution in [2.75, 3.05) is 25.0 Å². The molecule has 7 rings (SSSR count). The summed E-state index contributed by atoms with van der Waals surface area (Å²) in [5.41, 5.74) is 1.93. The average Bonchev–Trinajstić information content (AvgIpc) is 3.61. The predicted octanol–water partition coefficient (Wildman–Crippen LogP) is 5.59. The number of carbonyl (C=O) groups excluding carboxylic acids is 2. The summed E-state index contributed by atoms with van der Waals surface area (Å²) >= 11 is 0.